The summed E-state index contributed by atoms with van der Waals surface area (Å²) in [6.07, 6.45) is 0. The Labute approximate surface area is 185 Å². The van der Waals surface area contributed by atoms with Gasteiger partial charge in [0.2, 0.25) is 11.8 Å². The second-order valence-electron chi connectivity index (χ2n) is 7.54. The molecule has 4 aromatic rings. The lowest BCUT2D eigenvalue weighted by Crippen LogP contribution is -2.16. The summed E-state index contributed by atoms with van der Waals surface area (Å²) in [5.41, 5.74) is 10.8. The number of nitrogens with two attached hydrogens (primary N) is 1. The van der Waals surface area contributed by atoms with Crippen LogP contribution in [0.1, 0.15) is 33.3 Å². The summed E-state index contributed by atoms with van der Waals surface area (Å²) >= 11 is 0. The van der Waals surface area contributed by atoms with Gasteiger partial charge in [-0.05, 0) is 49.7 Å². The molecule has 0 atom stereocenters. The summed E-state index contributed by atoms with van der Waals surface area (Å²) in [5.74, 6) is 0.162. The lowest BCUT2D eigenvalue weighted by atomic mass is 9.94. The van der Waals surface area contributed by atoms with Crippen molar-refractivity contribution >= 4 is 34.4 Å². The number of benzene rings is 2. The number of ether oxygens (including phenoxy) is 1. The number of hydrogen-bond acceptors (Lipinski definition) is 6. The highest BCUT2D eigenvalue weighted by Gasteiger charge is 2.20. The van der Waals surface area contributed by atoms with Gasteiger partial charge in [0, 0.05) is 29.9 Å². The molecule has 2 heterocycles. The number of carbonyl (C=O) groups is 2. The predicted molar refractivity (Wildman–Crippen MR) is 124 cm³/mol. The SMILES string of the molecule is COc1ccc(-c2ccc(C)cc2C(C)=O)c(C(=O)Nc2ccc3nc(N)n(C)c3c2)n1. The van der Waals surface area contributed by atoms with Gasteiger partial charge in [-0.25, -0.2) is 9.97 Å². The van der Waals surface area contributed by atoms with Crippen molar-refractivity contribution < 1.29 is 14.3 Å². The standard InChI is InChI=1S/C24H23N5O3/c1-13-5-7-16(18(11-13)14(2)30)17-8-10-21(32-4)28-22(17)23(31)26-15-6-9-19-20(12-15)29(3)24(25)27-19/h5-12H,1-4H3,(H2,25,27)(H,26,31). The third kappa shape index (κ3) is 3.78. The first-order chi connectivity index (χ1) is 15.3. The molecule has 32 heavy (non-hydrogen) atoms. The van der Waals surface area contributed by atoms with Crippen LogP contribution in [-0.2, 0) is 7.05 Å². The number of hydrogen-bond donors (Lipinski definition) is 2. The summed E-state index contributed by atoms with van der Waals surface area (Å²) in [7, 11) is 3.29. The molecule has 1 amide bonds. The van der Waals surface area contributed by atoms with Crippen molar-refractivity contribution in [2.45, 2.75) is 13.8 Å². The van der Waals surface area contributed by atoms with Crippen LogP contribution in [0.15, 0.2) is 48.5 Å². The van der Waals surface area contributed by atoms with Crippen LogP contribution < -0.4 is 15.8 Å². The molecule has 0 bridgehead atoms. The lowest BCUT2D eigenvalue weighted by molar-refractivity contribution is 0.101. The second-order valence-corrected chi connectivity index (χ2v) is 7.54. The number of rotatable bonds is 5. The van der Waals surface area contributed by atoms with E-state index in [1.165, 1.54) is 14.0 Å². The van der Waals surface area contributed by atoms with Crippen LogP contribution in [0.25, 0.3) is 22.2 Å². The number of nitrogens with one attached hydrogen (secondary N) is 1. The molecule has 2 aromatic carbocycles. The molecule has 0 saturated carbocycles. The van der Waals surface area contributed by atoms with Crippen molar-refractivity contribution in [3.63, 3.8) is 0 Å². The monoisotopic (exact) mass is 429 g/mol. The Morgan fingerprint density at radius 2 is 1.78 bits per heavy atom. The molecule has 0 aliphatic carbocycles. The fourth-order valence-corrected chi connectivity index (χ4v) is 3.61. The number of aryl methyl sites for hydroxylation is 2. The first-order valence-electron chi connectivity index (χ1n) is 9.98. The average Bonchev–Trinajstić information content (AvgIpc) is 3.06. The van der Waals surface area contributed by atoms with Crippen LogP contribution in [-0.4, -0.2) is 33.3 Å². The summed E-state index contributed by atoms with van der Waals surface area (Å²) in [4.78, 5) is 34.2. The highest BCUT2D eigenvalue weighted by Crippen LogP contribution is 2.30. The fraction of sp³-hybridized carbons (Fsp3) is 0.167. The molecule has 0 aliphatic rings. The van der Waals surface area contributed by atoms with Crippen LogP contribution in [0.4, 0.5) is 11.6 Å². The van der Waals surface area contributed by atoms with E-state index in [0.717, 1.165) is 16.6 Å². The fourth-order valence-electron chi connectivity index (χ4n) is 3.61. The number of carbonyl (C=O) groups excluding carboxylic acids is 2. The quantitative estimate of drug-likeness (QED) is 0.464. The van der Waals surface area contributed by atoms with Crippen LogP contribution in [0.3, 0.4) is 0 Å². The largest absolute Gasteiger partial charge is 0.481 e. The number of aromatic nitrogens is 3. The second kappa shape index (κ2) is 8.14. The molecule has 162 valence electrons. The van der Waals surface area contributed by atoms with Gasteiger partial charge in [-0.15, -0.1) is 0 Å². The van der Waals surface area contributed by atoms with Gasteiger partial charge in [0.25, 0.3) is 5.91 Å². The summed E-state index contributed by atoms with van der Waals surface area (Å²) in [6, 6.07) is 14.3. The maximum Gasteiger partial charge on any atom is 0.275 e. The Bertz CT molecular complexity index is 1370. The van der Waals surface area contributed by atoms with Crippen molar-refractivity contribution in [3.8, 4) is 17.0 Å². The maximum absolute atomic E-state index is 13.3. The first kappa shape index (κ1) is 21.0. The van der Waals surface area contributed by atoms with E-state index in [1.807, 2.05) is 25.1 Å². The number of nitrogen functional groups attached to an aromatic ring is 1. The molecule has 0 radical (unpaired) electrons. The Balaban J connectivity index is 1.79. The first-order valence-corrected chi connectivity index (χ1v) is 9.98. The lowest BCUT2D eigenvalue weighted by Gasteiger charge is -2.14. The van der Waals surface area contributed by atoms with Crippen LogP contribution >= 0.6 is 0 Å². The topological polar surface area (TPSA) is 112 Å². The summed E-state index contributed by atoms with van der Waals surface area (Å²) in [6.45, 7) is 3.42. The number of anilines is 2. The molecule has 2 aromatic heterocycles. The maximum atomic E-state index is 13.3. The zero-order chi connectivity index (χ0) is 23.0. The van der Waals surface area contributed by atoms with E-state index in [1.54, 1.807) is 41.9 Å². The van der Waals surface area contributed by atoms with Crippen molar-refractivity contribution in [2.75, 3.05) is 18.2 Å². The molecular weight excluding hydrogens is 406 g/mol. The van der Waals surface area contributed by atoms with Gasteiger partial charge in [0.05, 0.1) is 18.1 Å². The van der Waals surface area contributed by atoms with E-state index in [4.69, 9.17) is 10.5 Å². The zero-order valence-electron chi connectivity index (χ0n) is 18.3. The number of pyridine rings is 1. The minimum atomic E-state index is -0.427. The third-order valence-electron chi connectivity index (χ3n) is 5.31. The highest BCUT2D eigenvalue weighted by atomic mass is 16.5. The molecule has 0 fully saturated rings. The van der Waals surface area contributed by atoms with Crippen molar-refractivity contribution in [3.05, 3.63) is 65.4 Å². The number of ketones is 1. The van der Waals surface area contributed by atoms with Gasteiger partial charge in [-0.2, -0.15) is 0 Å². The third-order valence-corrected chi connectivity index (χ3v) is 5.31. The van der Waals surface area contributed by atoms with Crippen molar-refractivity contribution in [1.29, 1.82) is 0 Å². The Kier molecular flexibility index (Phi) is 5.36. The number of amides is 1. The van der Waals surface area contributed by atoms with E-state index in [0.29, 0.717) is 34.2 Å². The van der Waals surface area contributed by atoms with E-state index in [-0.39, 0.29) is 11.5 Å². The van der Waals surface area contributed by atoms with Crippen molar-refractivity contribution in [2.24, 2.45) is 7.05 Å². The van der Waals surface area contributed by atoms with Crippen LogP contribution in [0, 0.1) is 6.92 Å². The number of fused-ring (bicyclic) bond motifs is 1. The number of imidazole rings is 1. The van der Waals surface area contributed by atoms with Crippen LogP contribution in [0.2, 0.25) is 0 Å². The minimum Gasteiger partial charge on any atom is -0.481 e. The Morgan fingerprint density at radius 1 is 1.03 bits per heavy atom. The molecule has 3 N–H and O–H groups in total. The molecular formula is C24H23N5O3. The molecule has 8 nitrogen and oxygen atoms in total. The van der Waals surface area contributed by atoms with Gasteiger partial charge in [-0.3, -0.25) is 9.59 Å². The Hall–Kier alpha value is -4.20. The van der Waals surface area contributed by atoms with Gasteiger partial charge >= 0.3 is 0 Å². The van der Waals surface area contributed by atoms with Crippen LogP contribution in [0.5, 0.6) is 5.88 Å². The molecule has 0 spiro atoms. The van der Waals surface area contributed by atoms with Gasteiger partial charge in [0.1, 0.15) is 5.69 Å². The van der Waals surface area contributed by atoms with E-state index < -0.39 is 5.91 Å². The number of methoxy groups -OCH3 is 1. The minimum absolute atomic E-state index is 0.0925. The van der Waals surface area contributed by atoms with Gasteiger partial charge < -0.3 is 20.4 Å². The van der Waals surface area contributed by atoms with E-state index in [9.17, 15) is 9.59 Å². The molecule has 0 saturated heterocycles. The normalized spacial score (nSPS) is 10.9. The van der Waals surface area contributed by atoms with E-state index >= 15 is 0 Å². The molecule has 4 rings (SSSR count). The Morgan fingerprint density at radius 3 is 2.50 bits per heavy atom. The zero-order valence-corrected chi connectivity index (χ0v) is 18.3. The smallest absolute Gasteiger partial charge is 0.275 e. The van der Waals surface area contributed by atoms with Gasteiger partial charge in [-0.1, -0.05) is 17.7 Å². The highest BCUT2D eigenvalue weighted by molar-refractivity contribution is 6.10. The molecule has 8 heteroatoms. The van der Waals surface area contributed by atoms with Gasteiger partial charge in [0.15, 0.2) is 5.78 Å². The summed E-state index contributed by atoms with van der Waals surface area (Å²) in [5, 5.41) is 2.88. The van der Waals surface area contributed by atoms with E-state index in [2.05, 4.69) is 15.3 Å². The number of Topliss-reactive ketones (excluding diaryl/α,β-unsaturated/α-hetero) is 1. The average molecular weight is 429 g/mol. The molecule has 0 unspecified atom stereocenters. The predicted octanol–water partition coefficient (Wildman–Crippen LogP) is 3.99. The molecule has 0 aliphatic heterocycles. The number of nitrogens with zero attached hydrogens (tertiary/aromatic N) is 3. The summed E-state index contributed by atoms with van der Waals surface area (Å²) < 4.78 is 6.98. The van der Waals surface area contributed by atoms with Crippen molar-refractivity contribution in [1.82, 2.24) is 14.5 Å².